The van der Waals surface area contributed by atoms with Crippen LogP contribution in [-0.2, 0) is 16.4 Å². The van der Waals surface area contributed by atoms with E-state index in [9.17, 15) is 8.42 Å². The Hall–Kier alpha value is -2.93. The van der Waals surface area contributed by atoms with Gasteiger partial charge in [0, 0.05) is 28.1 Å². The normalized spacial score (nSPS) is 12.6. The molecule has 4 aromatic rings. The zero-order chi connectivity index (χ0) is 20.2. The van der Waals surface area contributed by atoms with Gasteiger partial charge in [0.2, 0.25) is 10.0 Å². The Kier molecular flexibility index (Phi) is 4.10. The summed E-state index contributed by atoms with van der Waals surface area (Å²) in [4.78, 5) is 0.0688. The lowest BCUT2D eigenvalue weighted by atomic mass is 10.0. The Morgan fingerprint density at radius 3 is 2.31 bits per heavy atom. The van der Waals surface area contributed by atoms with Crippen LogP contribution in [0, 0.1) is 0 Å². The predicted octanol–water partition coefficient (Wildman–Crippen LogP) is 4.41. The lowest BCUT2D eigenvalue weighted by Gasteiger charge is -2.11. The van der Waals surface area contributed by atoms with E-state index in [1.54, 1.807) is 12.1 Å². The van der Waals surface area contributed by atoms with Crippen LogP contribution in [0.4, 0.5) is 0 Å². The van der Waals surface area contributed by atoms with Gasteiger partial charge in [0.15, 0.2) is 0 Å². The maximum Gasteiger partial charge on any atom is 0.238 e. The van der Waals surface area contributed by atoms with Gasteiger partial charge < -0.3 is 0 Å². The molecule has 1 aliphatic carbocycles. The van der Waals surface area contributed by atoms with Crippen molar-refractivity contribution in [1.82, 2.24) is 9.78 Å². The van der Waals surface area contributed by atoms with Gasteiger partial charge in [0.05, 0.1) is 22.0 Å². The first-order chi connectivity index (χ1) is 13.9. The summed E-state index contributed by atoms with van der Waals surface area (Å²) in [6, 6.07) is 22.3. The molecule has 0 saturated heterocycles. The molecule has 0 spiro atoms. The number of fused-ring (bicyclic) bond motifs is 3. The quantitative estimate of drug-likeness (QED) is 0.468. The summed E-state index contributed by atoms with van der Waals surface area (Å²) in [6.07, 6.45) is 0.790. The number of primary sulfonamides is 1. The molecule has 0 atom stereocenters. The molecular formula is C22H16ClN3O2S. The van der Waals surface area contributed by atoms with Crippen molar-refractivity contribution in [2.24, 2.45) is 5.14 Å². The van der Waals surface area contributed by atoms with Gasteiger partial charge in [-0.05, 0) is 42.0 Å². The molecule has 5 rings (SSSR count). The molecule has 0 amide bonds. The van der Waals surface area contributed by atoms with Crippen LogP contribution >= 0.6 is 11.6 Å². The molecule has 1 heterocycles. The standard InChI is InChI=1S/C22H16ClN3O2S/c23-16-7-5-14(6-8-16)22-20-13-15-3-1-2-4-19(15)21(20)25-26(22)17-9-11-18(12-10-17)29(24,27)28/h1-12H,13H2,(H2,24,27,28). The number of halogens is 1. The number of nitrogens with zero attached hydrogens (tertiary/aromatic N) is 2. The predicted molar refractivity (Wildman–Crippen MR) is 114 cm³/mol. The lowest BCUT2D eigenvalue weighted by Crippen LogP contribution is -2.12. The second-order valence-corrected chi connectivity index (χ2v) is 8.97. The first-order valence-electron chi connectivity index (χ1n) is 9.01. The average molecular weight is 422 g/mol. The van der Waals surface area contributed by atoms with Crippen LogP contribution in [0.1, 0.15) is 11.1 Å². The molecule has 0 radical (unpaired) electrons. The SMILES string of the molecule is NS(=O)(=O)c1ccc(-n2nc3c(c2-c2ccc(Cl)cc2)Cc2ccccc2-3)cc1. The van der Waals surface area contributed by atoms with Crippen molar-refractivity contribution in [1.29, 1.82) is 0 Å². The number of benzene rings is 3. The third-order valence-corrected chi connectivity index (χ3v) is 6.33. The summed E-state index contributed by atoms with van der Waals surface area (Å²) in [7, 11) is -3.75. The summed E-state index contributed by atoms with van der Waals surface area (Å²) in [5.74, 6) is 0. The fourth-order valence-corrected chi connectivity index (χ4v) is 4.44. The summed E-state index contributed by atoms with van der Waals surface area (Å²) in [5, 5.41) is 10.8. The third kappa shape index (κ3) is 3.06. The first-order valence-corrected chi connectivity index (χ1v) is 10.9. The fraction of sp³-hybridized carbons (Fsp3) is 0.0455. The van der Waals surface area contributed by atoms with Crippen molar-refractivity contribution in [2.75, 3.05) is 0 Å². The molecule has 1 aromatic heterocycles. The van der Waals surface area contributed by atoms with Crippen LogP contribution in [0.3, 0.4) is 0 Å². The van der Waals surface area contributed by atoms with Crippen LogP contribution < -0.4 is 5.14 Å². The molecule has 0 saturated carbocycles. The number of hydrogen-bond acceptors (Lipinski definition) is 3. The maximum absolute atomic E-state index is 11.6. The van der Waals surface area contributed by atoms with Crippen molar-refractivity contribution in [3.63, 3.8) is 0 Å². The van der Waals surface area contributed by atoms with Crippen LogP contribution in [0.25, 0.3) is 28.2 Å². The van der Waals surface area contributed by atoms with Crippen LogP contribution in [0.2, 0.25) is 5.02 Å². The monoisotopic (exact) mass is 421 g/mol. The lowest BCUT2D eigenvalue weighted by molar-refractivity contribution is 0.598. The van der Waals surface area contributed by atoms with E-state index in [4.69, 9.17) is 21.8 Å². The average Bonchev–Trinajstić information content (AvgIpc) is 3.24. The summed E-state index contributed by atoms with van der Waals surface area (Å²) in [6.45, 7) is 0. The van der Waals surface area contributed by atoms with E-state index in [0.717, 1.165) is 40.2 Å². The highest BCUT2D eigenvalue weighted by molar-refractivity contribution is 7.89. The van der Waals surface area contributed by atoms with E-state index < -0.39 is 10.0 Å². The third-order valence-electron chi connectivity index (χ3n) is 5.15. The van der Waals surface area contributed by atoms with E-state index in [2.05, 4.69) is 12.1 Å². The van der Waals surface area contributed by atoms with Crippen molar-refractivity contribution >= 4 is 21.6 Å². The second-order valence-electron chi connectivity index (χ2n) is 6.97. The van der Waals surface area contributed by atoms with Crippen molar-refractivity contribution in [3.05, 3.63) is 88.9 Å². The molecule has 1 aliphatic rings. The molecule has 2 N–H and O–H groups in total. The van der Waals surface area contributed by atoms with Crippen LogP contribution in [0.5, 0.6) is 0 Å². The molecule has 29 heavy (non-hydrogen) atoms. The van der Waals surface area contributed by atoms with E-state index in [1.807, 2.05) is 41.1 Å². The van der Waals surface area contributed by atoms with E-state index >= 15 is 0 Å². The molecule has 0 fully saturated rings. The van der Waals surface area contributed by atoms with Crippen molar-refractivity contribution in [3.8, 4) is 28.2 Å². The Balaban J connectivity index is 1.73. The highest BCUT2D eigenvalue weighted by Crippen LogP contribution is 2.42. The molecule has 5 nitrogen and oxygen atoms in total. The van der Waals surface area contributed by atoms with E-state index in [0.29, 0.717) is 5.02 Å². The number of aromatic nitrogens is 2. The number of sulfonamides is 1. The largest absolute Gasteiger partial charge is 0.238 e. The molecule has 7 heteroatoms. The minimum absolute atomic E-state index is 0.0688. The van der Waals surface area contributed by atoms with Crippen LogP contribution in [0.15, 0.2) is 77.7 Å². The van der Waals surface area contributed by atoms with Gasteiger partial charge in [-0.3, -0.25) is 0 Å². The topological polar surface area (TPSA) is 78.0 Å². The molecule has 0 bridgehead atoms. The second kappa shape index (κ2) is 6.56. The summed E-state index contributed by atoms with van der Waals surface area (Å²) in [5.41, 5.74) is 7.18. The maximum atomic E-state index is 11.6. The Morgan fingerprint density at radius 2 is 1.62 bits per heavy atom. The highest BCUT2D eigenvalue weighted by Gasteiger charge is 2.28. The van der Waals surface area contributed by atoms with E-state index in [1.165, 1.54) is 17.7 Å². The fourth-order valence-electron chi connectivity index (χ4n) is 3.80. The van der Waals surface area contributed by atoms with Gasteiger partial charge in [-0.15, -0.1) is 0 Å². The molecule has 144 valence electrons. The van der Waals surface area contributed by atoms with Gasteiger partial charge in [0.1, 0.15) is 0 Å². The van der Waals surface area contributed by atoms with E-state index in [-0.39, 0.29) is 4.90 Å². The smallest absolute Gasteiger partial charge is 0.232 e. The zero-order valence-corrected chi connectivity index (χ0v) is 16.8. The molecular weight excluding hydrogens is 406 g/mol. The highest BCUT2D eigenvalue weighted by atomic mass is 35.5. The van der Waals surface area contributed by atoms with Gasteiger partial charge in [-0.2, -0.15) is 5.10 Å². The van der Waals surface area contributed by atoms with Gasteiger partial charge in [0.25, 0.3) is 0 Å². The summed E-state index contributed by atoms with van der Waals surface area (Å²) < 4.78 is 25.0. The number of hydrogen-bond donors (Lipinski definition) is 1. The van der Waals surface area contributed by atoms with Gasteiger partial charge in [-0.1, -0.05) is 48.0 Å². The Labute approximate surface area is 173 Å². The van der Waals surface area contributed by atoms with Gasteiger partial charge in [-0.25, -0.2) is 18.2 Å². The Bertz CT molecular complexity index is 1340. The van der Waals surface area contributed by atoms with Crippen molar-refractivity contribution in [2.45, 2.75) is 11.3 Å². The minimum atomic E-state index is -3.75. The first kappa shape index (κ1) is 18.1. The summed E-state index contributed by atoms with van der Waals surface area (Å²) >= 11 is 6.09. The minimum Gasteiger partial charge on any atom is -0.232 e. The molecule has 0 aliphatic heterocycles. The number of nitrogens with two attached hydrogens (primary N) is 1. The van der Waals surface area contributed by atoms with Crippen molar-refractivity contribution < 1.29 is 8.42 Å². The van der Waals surface area contributed by atoms with Gasteiger partial charge >= 0.3 is 0 Å². The molecule has 0 unspecified atom stereocenters. The zero-order valence-electron chi connectivity index (χ0n) is 15.2. The number of rotatable bonds is 3. The molecule has 3 aromatic carbocycles. The van der Waals surface area contributed by atoms with Crippen LogP contribution in [-0.4, -0.2) is 18.2 Å². The Morgan fingerprint density at radius 1 is 0.931 bits per heavy atom.